The molecule has 0 radical (unpaired) electrons. The van der Waals surface area contributed by atoms with E-state index < -0.39 is 0 Å². The summed E-state index contributed by atoms with van der Waals surface area (Å²) in [6.07, 6.45) is 5.26. The minimum Gasteiger partial charge on any atom is -0.368 e. The van der Waals surface area contributed by atoms with Crippen LogP contribution >= 0.6 is 0 Å². The van der Waals surface area contributed by atoms with Crippen LogP contribution in [0.5, 0.6) is 0 Å². The van der Waals surface area contributed by atoms with Gasteiger partial charge >= 0.3 is 0 Å². The van der Waals surface area contributed by atoms with E-state index in [-0.39, 0.29) is 12.0 Å². The van der Waals surface area contributed by atoms with Crippen LogP contribution in [0.3, 0.4) is 0 Å². The molecule has 2 fully saturated rings. The Balaban J connectivity index is 1.73. The van der Waals surface area contributed by atoms with Crippen molar-refractivity contribution in [2.45, 2.75) is 45.1 Å². The number of piperidine rings is 1. The van der Waals surface area contributed by atoms with Gasteiger partial charge in [-0.05, 0) is 51.1 Å². The van der Waals surface area contributed by atoms with Crippen LogP contribution in [0.2, 0.25) is 0 Å². The van der Waals surface area contributed by atoms with Gasteiger partial charge in [0.15, 0.2) is 0 Å². The van der Waals surface area contributed by atoms with E-state index in [2.05, 4.69) is 12.2 Å². The van der Waals surface area contributed by atoms with Gasteiger partial charge in [-0.25, -0.2) is 0 Å². The number of hydrogen-bond donors (Lipinski definition) is 1. The van der Waals surface area contributed by atoms with Crippen molar-refractivity contribution in [2.24, 2.45) is 5.92 Å². The minimum atomic E-state index is -0.149. The Bertz CT molecular complexity index is 257. The lowest BCUT2D eigenvalue weighted by atomic mass is 9.96. The Labute approximate surface area is 110 Å². The molecule has 2 aliphatic heterocycles. The highest BCUT2D eigenvalue weighted by Crippen LogP contribution is 2.20. The van der Waals surface area contributed by atoms with Crippen molar-refractivity contribution in [3.63, 3.8) is 0 Å². The summed E-state index contributed by atoms with van der Waals surface area (Å²) in [5.74, 6) is 0.970. The molecule has 2 aliphatic rings. The molecule has 4 heteroatoms. The van der Waals surface area contributed by atoms with Gasteiger partial charge < -0.3 is 15.0 Å². The second-order valence-electron chi connectivity index (χ2n) is 5.43. The number of amides is 1. The molecule has 1 amide bonds. The van der Waals surface area contributed by atoms with Gasteiger partial charge in [-0.3, -0.25) is 4.79 Å². The molecule has 1 unspecified atom stereocenters. The Hall–Kier alpha value is -0.610. The fourth-order valence-electron chi connectivity index (χ4n) is 2.85. The lowest BCUT2D eigenvalue weighted by Gasteiger charge is -2.35. The fraction of sp³-hybridized carbons (Fsp3) is 0.929. The summed E-state index contributed by atoms with van der Waals surface area (Å²) < 4.78 is 5.58. The molecular weight excluding hydrogens is 228 g/mol. The number of nitrogens with zero attached hydrogens (tertiary/aromatic N) is 1. The van der Waals surface area contributed by atoms with Gasteiger partial charge in [-0.15, -0.1) is 0 Å². The molecule has 1 atom stereocenters. The molecule has 2 heterocycles. The molecule has 4 nitrogen and oxygen atoms in total. The van der Waals surface area contributed by atoms with Crippen LogP contribution < -0.4 is 5.32 Å². The van der Waals surface area contributed by atoms with E-state index >= 15 is 0 Å². The van der Waals surface area contributed by atoms with Crippen LogP contribution in [-0.4, -0.2) is 49.7 Å². The number of carbonyl (C=O) groups is 1. The third-order valence-corrected chi connectivity index (χ3v) is 4.06. The second-order valence-corrected chi connectivity index (χ2v) is 5.43. The van der Waals surface area contributed by atoms with Crippen LogP contribution in [0, 0.1) is 5.92 Å². The SMILES string of the molecule is CCNCC1CCN(C(=O)C2CCCCO2)CC1. The van der Waals surface area contributed by atoms with Crippen molar-refractivity contribution in [3.8, 4) is 0 Å². The van der Waals surface area contributed by atoms with Crippen LogP contribution in [0.25, 0.3) is 0 Å². The van der Waals surface area contributed by atoms with Crippen molar-refractivity contribution in [3.05, 3.63) is 0 Å². The lowest BCUT2D eigenvalue weighted by molar-refractivity contribution is -0.147. The Morgan fingerprint density at radius 1 is 1.28 bits per heavy atom. The summed E-state index contributed by atoms with van der Waals surface area (Å²) in [7, 11) is 0. The molecule has 0 aromatic rings. The minimum absolute atomic E-state index is 0.149. The van der Waals surface area contributed by atoms with Crippen LogP contribution in [0.4, 0.5) is 0 Å². The average Bonchev–Trinajstić information content (AvgIpc) is 2.46. The van der Waals surface area contributed by atoms with Crippen molar-refractivity contribution >= 4 is 5.91 Å². The summed E-state index contributed by atoms with van der Waals surface area (Å²) >= 11 is 0. The third-order valence-electron chi connectivity index (χ3n) is 4.06. The number of rotatable bonds is 4. The molecule has 104 valence electrons. The van der Waals surface area contributed by atoms with Crippen molar-refractivity contribution in [1.82, 2.24) is 10.2 Å². The monoisotopic (exact) mass is 254 g/mol. The normalized spacial score (nSPS) is 26.3. The molecule has 18 heavy (non-hydrogen) atoms. The second kappa shape index (κ2) is 7.10. The molecule has 0 aliphatic carbocycles. The van der Waals surface area contributed by atoms with Gasteiger partial charge in [0.2, 0.25) is 0 Å². The molecule has 0 spiro atoms. The van der Waals surface area contributed by atoms with Crippen LogP contribution in [0.1, 0.15) is 39.0 Å². The average molecular weight is 254 g/mol. The van der Waals surface area contributed by atoms with E-state index in [0.29, 0.717) is 0 Å². The van der Waals surface area contributed by atoms with Crippen LogP contribution in [0.15, 0.2) is 0 Å². The van der Waals surface area contributed by atoms with Gasteiger partial charge in [-0.1, -0.05) is 6.92 Å². The number of carbonyl (C=O) groups excluding carboxylic acids is 1. The zero-order chi connectivity index (χ0) is 12.8. The molecule has 0 aromatic heterocycles. The molecule has 0 saturated carbocycles. The summed E-state index contributed by atoms with van der Waals surface area (Å²) in [4.78, 5) is 14.3. The highest BCUT2D eigenvalue weighted by molar-refractivity contribution is 5.81. The number of likely N-dealkylation sites (tertiary alicyclic amines) is 1. The van der Waals surface area contributed by atoms with E-state index in [1.165, 1.54) is 0 Å². The van der Waals surface area contributed by atoms with Gasteiger partial charge in [0, 0.05) is 19.7 Å². The van der Waals surface area contributed by atoms with Crippen molar-refractivity contribution in [1.29, 1.82) is 0 Å². The Morgan fingerprint density at radius 2 is 2.06 bits per heavy atom. The predicted molar refractivity (Wildman–Crippen MR) is 71.4 cm³/mol. The lowest BCUT2D eigenvalue weighted by Crippen LogP contribution is -2.46. The van der Waals surface area contributed by atoms with Gasteiger partial charge in [0.05, 0.1) is 0 Å². The number of nitrogens with one attached hydrogen (secondary N) is 1. The molecular formula is C14H26N2O2. The number of ether oxygens (including phenoxy) is 1. The maximum absolute atomic E-state index is 12.3. The maximum Gasteiger partial charge on any atom is 0.251 e. The standard InChI is InChI=1S/C14H26N2O2/c1-2-15-11-12-6-8-16(9-7-12)14(17)13-5-3-4-10-18-13/h12-13,15H,2-11H2,1H3. The van der Waals surface area contributed by atoms with E-state index in [9.17, 15) is 4.79 Å². The first-order valence-corrected chi connectivity index (χ1v) is 7.42. The predicted octanol–water partition coefficient (Wildman–Crippen LogP) is 1.40. The summed E-state index contributed by atoms with van der Waals surface area (Å²) in [6, 6.07) is 0. The van der Waals surface area contributed by atoms with Gasteiger partial charge in [0.1, 0.15) is 6.10 Å². The Morgan fingerprint density at radius 3 is 2.67 bits per heavy atom. The highest BCUT2D eigenvalue weighted by atomic mass is 16.5. The molecule has 0 aromatic carbocycles. The summed E-state index contributed by atoms with van der Waals surface area (Å²) in [5.41, 5.74) is 0. The molecule has 1 N–H and O–H groups in total. The fourth-order valence-corrected chi connectivity index (χ4v) is 2.85. The van der Waals surface area contributed by atoms with Gasteiger partial charge in [-0.2, -0.15) is 0 Å². The van der Waals surface area contributed by atoms with Crippen LogP contribution in [-0.2, 0) is 9.53 Å². The number of hydrogen-bond acceptors (Lipinski definition) is 3. The van der Waals surface area contributed by atoms with E-state index in [0.717, 1.165) is 70.8 Å². The van der Waals surface area contributed by atoms with Crippen molar-refractivity contribution < 1.29 is 9.53 Å². The van der Waals surface area contributed by atoms with Gasteiger partial charge in [0.25, 0.3) is 5.91 Å². The topological polar surface area (TPSA) is 41.6 Å². The highest BCUT2D eigenvalue weighted by Gasteiger charge is 2.29. The quantitative estimate of drug-likeness (QED) is 0.824. The molecule has 2 saturated heterocycles. The third kappa shape index (κ3) is 3.69. The van der Waals surface area contributed by atoms with Crippen molar-refractivity contribution in [2.75, 3.05) is 32.8 Å². The van der Waals surface area contributed by atoms with E-state index in [1.54, 1.807) is 0 Å². The first-order chi connectivity index (χ1) is 8.81. The first-order valence-electron chi connectivity index (χ1n) is 7.42. The largest absolute Gasteiger partial charge is 0.368 e. The summed E-state index contributed by atoms with van der Waals surface area (Å²) in [5, 5.41) is 3.40. The first kappa shape index (κ1) is 13.8. The van der Waals surface area contributed by atoms with E-state index in [4.69, 9.17) is 4.74 Å². The smallest absolute Gasteiger partial charge is 0.251 e. The maximum atomic E-state index is 12.3. The zero-order valence-electron chi connectivity index (χ0n) is 11.5. The molecule has 0 bridgehead atoms. The zero-order valence-corrected chi connectivity index (χ0v) is 11.5. The van der Waals surface area contributed by atoms with E-state index in [1.807, 2.05) is 4.90 Å². The molecule has 2 rings (SSSR count). The summed E-state index contributed by atoms with van der Waals surface area (Å²) in [6.45, 7) is 6.85. The Kier molecular flexibility index (Phi) is 5.45.